The van der Waals surface area contributed by atoms with E-state index in [1.807, 2.05) is 30.6 Å². The van der Waals surface area contributed by atoms with Gasteiger partial charge in [0, 0.05) is 23.5 Å². The van der Waals surface area contributed by atoms with Crippen molar-refractivity contribution in [2.24, 2.45) is 0 Å². The zero-order valence-electron chi connectivity index (χ0n) is 12.6. The Morgan fingerprint density at radius 3 is 2.10 bits per heavy atom. The summed E-state index contributed by atoms with van der Waals surface area (Å²) in [6, 6.07) is 14.4. The lowest BCUT2D eigenvalue weighted by Crippen LogP contribution is -1.94. The molecule has 0 spiro atoms. The molecule has 0 aliphatic heterocycles. The molecule has 21 heavy (non-hydrogen) atoms. The maximum atomic E-state index is 4.67. The smallest absolute Gasteiger partial charge is 0.0720 e. The molecule has 2 nitrogen and oxygen atoms in total. The molecule has 0 aliphatic rings. The minimum atomic E-state index is 0.968. The van der Waals surface area contributed by atoms with E-state index in [0.717, 1.165) is 17.0 Å². The first-order chi connectivity index (χ1) is 10.2. The van der Waals surface area contributed by atoms with Gasteiger partial charge in [-0.2, -0.15) is 0 Å². The molecule has 0 bridgehead atoms. The first-order valence-corrected chi connectivity index (χ1v) is 7.11. The Hall–Kier alpha value is -2.48. The highest BCUT2D eigenvalue weighted by atomic mass is 14.7. The molecule has 2 heterocycles. The van der Waals surface area contributed by atoms with Crippen LogP contribution in [-0.4, -0.2) is 9.97 Å². The minimum absolute atomic E-state index is 0.968. The lowest BCUT2D eigenvalue weighted by atomic mass is 9.97. The van der Waals surface area contributed by atoms with Gasteiger partial charge in [0.05, 0.1) is 11.4 Å². The van der Waals surface area contributed by atoms with Gasteiger partial charge in [0.25, 0.3) is 0 Å². The normalized spacial score (nSPS) is 10.6. The molecule has 0 aliphatic carbocycles. The molecular formula is C19H18N2. The van der Waals surface area contributed by atoms with E-state index in [-0.39, 0.29) is 0 Å². The van der Waals surface area contributed by atoms with Crippen molar-refractivity contribution in [2.75, 3.05) is 0 Å². The van der Waals surface area contributed by atoms with Gasteiger partial charge in [-0.05, 0) is 55.7 Å². The largest absolute Gasteiger partial charge is 0.256 e. The Labute approximate surface area is 125 Å². The van der Waals surface area contributed by atoms with Gasteiger partial charge in [-0.25, -0.2) is 0 Å². The van der Waals surface area contributed by atoms with Crippen LogP contribution in [-0.2, 0) is 0 Å². The van der Waals surface area contributed by atoms with Crippen LogP contribution < -0.4 is 0 Å². The first-order valence-electron chi connectivity index (χ1n) is 7.11. The van der Waals surface area contributed by atoms with Crippen molar-refractivity contribution in [3.05, 3.63) is 71.5 Å². The van der Waals surface area contributed by atoms with Crippen molar-refractivity contribution in [2.45, 2.75) is 20.8 Å². The minimum Gasteiger partial charge on any atom is -0.256 e. The van der Waals surface area contributed by atoms with Crippen LogP contribution in [0.5, 0.6) is 0 Å². The molecule has 0 atom stereocenters. The van der Waals surface area contributed by atoms with Gasteiger partial charge in [-0.1, -0.05) is 24.3 Å². The molecule has 0 saturated carbocycles. The summed E-state index contributed by atoms with van der Waals surface area (Å²) in [4.78, 5) is 9.08. The van der Waals surface area contributed by atoms with Crippen LogP contribution >= 0.6 is 0 Å². The topological polar surface area (TPSA) is 25.8 Å². The van der Waals surface area contributed by atoms with E-state index >= 15 is 0 Å². The number of hydrogen-bond donors (Lipinski definition) is 0. The van der Waals surface area contributed by atoms with Crippen molar-refractivity contribution in [3.63, 3.8) is 0 Å². The highest BCUT2D eigenvalue weighted by molar-refractivity contribution is 5.71. The zero-order valence-corrected chi connectivity index (χ0v) is 12.6. The van der Waals surface area contributed by atoms with E-state index in [1.165, 1.54) is 22.3 Å². The molecule has 1 aromatic carbocycles. The van der Waals surface area contributed by atoms with Crippen LogP contribution in [0.25, 0.3) is 22.5 Å². The number of aromatic nitrogens is 2. The second-order valence-corrected chi connectivity index (χ2v) is 5.37. The number of nitrogens with zero attached hydrogens (tertiary/aromatic N) is 2. The Morgan fingerprint density at radius 2 is 1.48 bits per heavy atom. The standard InChI is InChI=1S/C19H18N2/c1-13-7-6-8-14(2)19(13)18-11-15(3)16(12-21-18)17-9-4-5-10-20-17/h4-12H,1-3H3. The molecule has 3 aromatic rings. The summed E-state index contributed by atoms with van der Waals surface area (Å²) >= 11 is 0. The van der Waals surface area contributed by atoms with Crippen LogP contribution in [0.4, 0.5) is 0 Å². The van der Waals surface area contributed by atoms with Gasteiger partial charge in [0.1, 0.15) is 0 Å². The fourth-order valence-electron chi connectivity index (χ4n) is 2.70. The zero-order chi connectivity index (χ0) is 14.8. The third-order valence-corrected chi connectivity index (χ3v) is 3.79. The van der Waals surface area contributed by atoms with Crippen molar-refractivity contribution in [1.29, 1.82) is 0 Å². The number of pyridine rings is 2. The summed E-state index contributed by atoms with van der Waals surface area (Å²) in [5, 5.41) is 0. The van der Waals surface area contributed by atoms with Crippen molar-refractivity contribution < 1.29 is 0 Å². The predicted octanol–water partition coefficient (Wildman–Crippen LogP) is 4.74. The molecule has 104 valence electrons. The number of benzene rings is 1. The van der Waals surface area contributed by atoms with Gasteiger partial charge in [-0.15, -0.1) is 0 Å². The summed E-state index contributed by atoms with van der Waals surface area (Å²) < 4.78 is 0. The Kier molecular flexibility index (Phi) is 3.53. The van der Waals surface area contributed by atoms with Crippen molar-refractivity contribution in [3.8, 4) is 22.5 Å². The van der Waals surface area contributed by atoms with Crippen molar-refractivity contribution in [1.82, 2.24) is 9.97 Å². The second kappa shape index (κ2) is 5.49. The first kappa shape index (κ1) is 13.5. The van der Waals surface area contributed by atoms with Crippen LogP contribution in [0.15, 0.2) is 54.9 Å². The van der Waals surface area contributed by atoms with Crippen LogP contribution in [0.1, 0.15) is 16.7 Å². The van der Waals surface area contributed by atoms with E-state index in [1.54, 1.807) is 0 Å². The maximum absolute atomic E-state index is 4.67. The Balaban J connectivity index is 2.11. The highest BCUT2D eigenvalue weighted by Gasteiger charge is 2.10. The van der Waals surface area contributed by atoms with E-state index in [9.17, 15) is 0 Å². The van der Waals surface area contributed by atoms with E-state index in [2.05, 4.69) is 55.0 Å². The van der Waals surface area contributed by atoms with Gasteiger partial charge in [-0.3, -0.25) is 9.97 Å². The third-order valence-electron chi connectivity index (χ3n) is 3.79. The van der Waals surface area contributed by atoms with Gasteiger partial charge >= 0.3 is 0 Å². The molecule has 0 saturated heterocycles. The van der Waals surface area contributed by atoms with Crippen LogP contribution in [0.2, 0.25) is 0 Å². The maximum Gasteiger partial charge on any atom is 0.0720 e. The monoisotopic (exact) mass is 274 g/mol. The molecule has 3 rings (SSSR count). The molecule has 0 N–H and O–H groups in total. The number of rotatable bonds is 2. The summed E-state index contributed by atoms with van der Waals surface area (Å²) in [5.74, 6) is 0. The number of hydrogen-bond acceptors (Lipinski definition) is 2. The number of aryl methyl sites for hydroxylation is 3. The summed E-state index contributed by atoms with van der Waals surface area (Å²) in [6.07, 6.45) is 3.74. The van der Waals surface area contributed by atoms with Gasteiger partial charge in [0.2, 0.25) is 0 Å². The molecular weight excluding hydrogens is 256 g/mol. The lowest BCUT2D eigenvalue weighted by molar-refractivity contribution is 1.23. The average molecular weight is 274 g/mol. The Bertz CT molecular complexity index is 757. The fourth-order valence-corrected chi connectivity index (χ4v) is 2.70. The van der Waals surface area contributed by atoms with E-state index in [0.29, 0.717) is 0 Å². The van der Waals surface area contributed by atoms with Crippen LogP contribution in [0.3, 0.4) is 0 Å². The van der Waals surface area contributed by atoms with Gasteiger partial charge in [0.15, 0.2) is 0 Å². The summed E-state index contributed by atoms with van der Waals surface area (Å²) in [6.45, 7) is 6.38. The van der Waals surface area contributed by atoms with E-state index in [4.69, 9.17) is 0 Å². The molecule has 0 unspecified atom stereocenters. The highest BCUT2D eigenvalue weighted by Crippen LogP contribution is 2.29. The predicted molar refractivity (Wildman–Crippen MR) is 87.1 cm³/mol. The molecule has 0 radical (unpaired) electrons. The van der Waals surface area contributed by atoms with Crippen LogP contribution in [0, 0.1) is 20.8 Å². The lowest BCUT2D eigenvalue weighted by Gasteiger charge is -2.11. The third kappa shape index (κ3) is 2.57. The molecule has 2 heteroatoms. The van der Waals surface area contributed by atoms with E-state index < -0.39 is 0 Å². The average Bonchev–Trinajstić information content (AvgIpc) is 2.48. The molecule has 0 fully saturated rings. The van der Waals surface area contributed by atoms with Crippen molar-refractivity contribution >= 4 is 0 Å². The molecule has 2 aromatic heterocycles. The summed E-state index contributed by atoms with van der Waals surface area (Å²) in [5.41, 5.74) is 8.03. The molecule has 0 amide bonds. The SMILES string of the molecule is Cc1cc(-c2c(C)cccc2C)ncc1-c1ccccn1. The second-order valence-electron chi connectivity index (χ2n) is 5.37. The Morgan fingerprint density at radius 1 is 0.714 bits per heavy atom. The fraction of sp³-hybridized carbons (Fsp3) is 0.158. The summed E-state index contributed by atoms with van der Waals surface area (Å²) in [7, 11) is 0. The quantitative estimate of drug-likeness (QED) is 0.674. The van der Waals surface area contributed by atoms with Gasteiger partial charge < -0.3 is 0 Å².